The lowest BCUT2D eigenvalue weighted by molar-refractivity contribution is -0.137. The molecular formula is C15H15F3N4O. The normalized spacial score (nSPS) is 15.4. The summed E-state index contributed by atoms with van der Waals surface area (Å²) in [5.41, 5.74) is 0.139. The summed E-state index contributed by atoms with van der Waals surface area (Å²) in [6.07, 6.45) is -2.67. The molecule has 2 heterocycles. The zero-order valence-electron chi connectivity index (χ0n) is 12.2. The molecule has 122 valence electrons. The van der Waals surface area contributed by atoms with Crippen LogP contribution in [0.15, 0.2) is 24.5 Å². The van der Waals surface area contributed by atoms with Crippen molar-refractivity contribution in [3.05, 3.63) is 35.8 Å². The maximum absolute atomic E-state index is 12.8. The molecule has 0 spiro atoms. The standard InChI is InChI=1S/C15H15F3N4O/c16-15(17,18)9-1-2-12-11(5-9)13(21-8-20-12)3-4-14(23)22-10-6-19-7-10/h1-2,5,8,10,19H,3-4,6-7H2,(H,22,23). The summed E-state index contributed by atoms with van der Waals surface area (Å²) in [5.74, 6) is -0.129. The van der Waals surface area contributed by atoms with Crippen LogP contribution < -0.4 is 10.6 Å². The van der Waals surface area contributed by atoms with E-state index in [2.05, 4.69) is 20.6 Å². The molecule has 3 rings (SSSR count). The zero-order valence-corrected chi connectivity index (χ0v) is 12.2. The van der Waals surface area contributed by atoms with Gasteiger partial charge in [0.1, 0.15) is 6.33 Å². The van der Waals surface area contributed by atoms with Gasteiger partial charge in [-0.2, -0.15) is 13.2 Å². The minimum atomic E-state index is -4.42. The van der Waals surface area contributed by atoms with Crippen LogP contribution in [0.4, 0.5) is 13.2 Å². The highest BCUT2D eigenvalue weighted by Gasteiger charge is 2.30. The number of fused-ring (bicyclic) bond motifs is 1. The summed E-state index contributed by atoms with van der Waals surface area (Å²) in [6, 6.07) is 3.50. The first kappa shape index (κ1) is 15.7. The lowest BCUT2D eigenvalue weighted by Crippen LogP contribution is -2.56. The summed E-state index contributed by atoms with van der Waals surface area (Å²) in [4.78, 5) is 19.8. The van der Waals surface area contributed by atoms with Crippen LogP contribution >= 0.6 is 0 Å². The first-order valence-corrected chi connectivity index (χ1v) is 7.24. The highest BCUT2D eigenvalue weighted by Crippen LogP contribution is 2.31. The van der Waals surface area contributed by atoms with Crippen LogP contribution in [0.25, 0.3) is 10.9 Å². The molecule has 2 aromatic rings. The van der Waals surface area contributed by atoms with Crippen molar-refractivity contribution >= 4 is 16.8 Å². The van der Waals surface area contributed by atoms with E-state index in [1.165, 1.54) is 12.4 Å². The van der Waals surface area contributed by atoms with Crippen LogP contribution in [-0.4, -0.2) is 35.0 Å². The quantitative estimate of drug-likeness (QED) is 0.898. The number of benzene rings is 1. The fourth-order valence-corrected chi connectivity index (χ4v) is 2.41. The van der Waals surface area contributed by atoms with Gasteiger partial charge in [0.2, 0.25) is 5.91 Å². The van der Waals surface area contributed by atoms with Gasteiger partial charge in [0.15, 0.2) is 0 Å². The first-order valence-electron chi connectivity index (χ1n) is 7.24. The number of nitrogens with one attached hydrogen (secondary N) is 2. The minimum absolute atomic E-state index is 0.129. The van der Waals surface area contributed by atoms with Crippen molar-refractivity contribution in [2.45, 2.75) is 25.1 Å². The molecular weight excluding hydrogens is 309 g/mol. The summed E-state index contributed by atoms with van der Waals surface area (Å²) < 4.78 is 38.5. The second-order valence-electron chi connectivity index (χ2n) is 5.47. The molecule has 1 fully saturated rings. The lowest BCUT2D eigenvalue weighted by atomic mass is 10.1. The van der Waals surface area contributed by atoms with E-state index in [1.54, 1.807) is 0 Å². The van der Waals surface area contributed by atoms with Gasteiger partial charge >= 0.3 is 6.18 Å². The van der Waals surface area contributed by atoms with Crippen molar-refractivity contribution in [3.63, 3.8) is 0 Å². The molecule has 23 heavy (non-hydrogen) atoms. The Balaban J connectivity index is 1.77. The van der Waals surface area contributed by atoms with Gasteiger partial charge in [-0.3, -0.25) is 4.79 Å². The highest BCUT2D eigenvalue weighted by molar-refractivity contribution is 5.83. The van der Waals surface area contributed by atoms with Crippen molar-refractivity contribution in [1.82, 2.24) is 20.6 Å². The van der Waals surface area contributed by atoms with E-state index < -0.39 is 11.7 Å². The van der Waals surface area contributed by atoms with Gasteiger partial charge in [0.05, 0.1) is 22.8 Å². The molecule has 5 nitrogen and oxygen atoms in total. The monoisotopic (exact) mass is 324 g/mol. The molecule has 1 saturated heterocycles. The molecule has 0 aliphatic carbocycles. The number of amides is 1. The topological polar surface area (TPSA) is 66.9 Å². The van der Waals surface area contributed by atoms with Crippen molar-refractivity contribution in [2.24, 2.45) is 0 Å². The molecule has 1 aromatic heterocycles. The largest absolute Gasteiger partial charge is 0.416 e. The van der Waals surface area contributed by atoms with Crippen LogP contribution in [0.3, 0.4) is 0 Å². The molecule has 1 aromatic carbocycles. The number of hydrogen-bond acceptors (Lipinski definition) is 4. The Kier molecular flexibility index (Phi) is 4.16. The zero-order chi connectivity index (χ0) is 16.4. The Bertz CT molecular complexity index is 728. The Morgan fingerprint density at radius 1 is 1.30 bits per heavy atom. The fraction of sp³-hybridized carbons (Fsp3) is 0.400. The van der Waals surface area contributed by atoms with Gasteiger partial charge < -0.3 is 10.6 Å². The van der Waals surface area contributed by atoms with E-state index in [-0.39, 0.29) is 24.8 Å². The number of nitrogens with zero attached hydrogens (tertiary/aromatic N) is 2. The van der Waals surface area contributed by atoms with Crippen molar-refractivity contribution < 1.29 is 18.0 Å². The van der Waals surface area contributed by atoms with E-state index in [0.717, 1.165) is 25.2 Å². The molecule has 0 unspecified atom stereocenters. The molecule has 1 amide bonds. The second-order valence-corrected chi connectivity index (χ2v) is 5.47. The van der Waals surface area contributed by atoms with Gasteiger partial charge in [-0.25, -0.2) is 9.97 Å². The van der Waals surface area contributed by atoms with E-state index in [4.69, 9.17) is 0 Å². The van der Waals surface area contributed by atoms with Crippen LogP contribution in [0, 0.1) is 0 Å². The van der Waals surface area contributed by atoms with Crippen LogP contribution in [0.5, 0.6) is 0 Å². The minimum Gasteiger partial charge on any atom is -0.351 e. The Morgan fingerprint density at radius 3 is 2.74 bits per heavy atom. The number of rotatable bonds is 4. The van der Waals surface area contributed by atoms with Crippen LogP contribution in [0.1, 0.15) is 17.7 Å². The molecule has 0 radical (unpaired) electrons. The number of alkyl halides is 3. The number of hydrogen-bond donors (Lipinski definition) is 2. The number of halogens is 3. The summed E-state index contributed by atoms with van der Waals surface area (Å²) >= 11 is 0. The average molecular weight is 324 g/mol. The smallest absolute Gasteiger partial charge is 0.351 e. The average Bonchev–Trinajstić information content (AvgIpc) is 2.47. The number of aromatic nitrogens is 2. The summed E-state index contributed by atoms with van der Waals surface area (Å²) in [5, 5.41) is 6.22. The molecule has 2 N–H and O–H groups in total. The van der Waals surface area contributed by atoms with Gasteiger partial charge in [-0.15, -0.1) is 0 Å². The maximum atomic E-state index is 12.8. The van der Waals surface area contributed by atoms with Gasteiger partial charge in [0, 0.05) is 24.9 Å². The van der Waals surface area contributed by atoms with Crippen LogP contribution in [-0.2, 0) is 17.4 Å². The molecule has 0 atom stereocenters. The SMILES string of the molecule is O=C(CCc1ncnc2ccc(C(F)(F)F)cc12)NC1CNC1. The number of carbonyl (C=O) groups is 1. The third-order valence-corrected chi connectivity index (χ3v) is 3.78. The van der Waals surface area contributed by atoms with Crippen molar-refractivity contribution in [2.75, 3.05) is 13.1 Å². The number of carbonyl (C=O) groups excluding carboxylic acids is 1. The Labute approximate surface area is 130 Å². The van der Waals surface area contributed by atoms with Crippen molar-refractivity contribution in [1.29, 1.82) is 0 Å². The van der Waals surface area contributed by atoms with Crippen molar-refractivity contribution in [3.8, 4) is 0 Å². The highest BCUT2D eigenvalue weighted by atomic mass is 19.4. The van der Waals surface area contributed by atoms with Gasteiger partial charge in [0.25, 0.3) is 0 Å². The lowest BCUT2D eigenvalue weighted by Gasteiger charge is -2.27. The first-order chi connectivity index (χ1) is 10.9. The van der Waals surface area contributed by atoms with E-state index in [9.17, 15) is 18.0 Å². The Morgan fingerprint density at radius 2 is 2.09 bits per heavy atom. The fourth-order valence-electron chi connectivity index (χ4n) is 2.41. The van der Waals surface area contributed by atoms with E-state index in [0.29, 0.717) is 16.6 Å². The summed E-state index contributed by atoms with van der Waals surface area (Å²) in [7, 11) is 0. The molecule has 1 aliphatic rings. The second kappa shape index (κ2) is 6.11. The van der Waals surface area contributed by atoms with Gasteiger partial charge in [-0.1, -0.05) is 0 Å². The molecule has 0 bridgehead atoms. The maximum Gasteiger partial charge on any atom is 0.416 e. The molecule has 8 heteroatoms. The number of aryl methyl sites for hydroxylation is 1. The molecule has 0 saturated carbocycles. The summed E-state index contributed by atoms with van der Waals surface area (Å²) in [6.45, 7) is 1.49. The van der Waals surface area contributed by atoms with Crippen LogP contribution in [0.2, 0.25) is 0 Å². The molecule has 1 aliphatic heterocycles. The third kappa shape index (κ3) is 3.58. The predicted molar refractivity (Wildman–Crippen MR) is 77.7 cm³/mol. The Hall–Kier alpha value is -2.22. The third-order valence-electron chi connectivity index (χ3n) is 3.78. The van der Waals surface area contributed by atoms with E-state index >= 15 is 0 Å². The van der Waals surface area contributed by atoms with E-state index in [1.807, 2.05) is 0 Å². The predicted octanol–water partition coefficient (Wildman–Crippen LogP) is 1.67. The van der Waals surface area contributed by atoms with Gasteiger partial charge in [-0.05, 0) is 24.6 Å².